The van der Waals surface area contributed by atoms with E-state index in [0.29, 0.717) is 0 Å². The quantitative estimate of drug-likeness (QED) is 0.725. The molecule has 0 saturated carbocycles. The van der Waals surface area contributed by atoms with Crippen LogP contribution in [-0.2, 0) is 18.4 Å². The van der Waals surface area contributed by atoms with Crippen LogP contribution in [0.2, 0.25) is 0 Å². The van der Waals surface area contributed by atoms with E-state index in [1.165, 1.54) is 0 Å². The first-order chi connectivity index (χ1) is 14.0. The van der Waals surface area contributed by atoms with E-state index >= 15 is 0 Å². The molecule has 0 unspecified atom stereocenters. The molecule has 1 saturated heterocycles. The van der Waals surface area contributed by atoms with Crippen LogP contribution in [0.3, 0.4) is 0 Å². The van der Waals surface area contributed by atoms with Gasteiger partial charge in [-0.1, -0.05) is 12.1 Å². The van der Waals surface area contributed by atoms with E-state index in [4.69, 9.17) is 0 Å². The van der Waals surface area contributed by atoms with E-state index in [9.17, 15) is 4.79 Å². The molecule has 4 rings (SSSR count). The van der Waals surface area contributed by atoms with Gasteiger partial charge in [-0.25, -0.2) is 9.67 Å². The monoisotopic (exact) mass is 392 g/mol. The number of piperidine rings is 1. The summed E-state index contributed by atoms with van der Waals surface area (Å²) in [5.41, 5.74) is 3.72. The highest BCUT2D eigenvalue weighted by Crippen LogP contribution is 2.25. The molecule has 0 aliphatic carbocycles. The smallest absolute Gasteiger partial charge is 0.227 e. The van der Waals surface area contributed by atoms with Crippen molar-refractivity contribution in [3.63, 3.8) is 0 Å². The highest BCUT2D eigenvalue weighted by Gasteiger charge is 2.26. The van der Waals surface area contributed by atoms with E-state index in [-0.39, 0.29) is 11.8 Å². The number of amides is 1. The summed E-state index contributed by atoms with van der Waals surface area (Å²) in [6.45, 7) is 6.64. The normalized spacial score (nSPS) is 15.6. The lowest BCUT2D eigenvalue weighted by atomic mass is 9.95. The lowest BCUT2D eigenvalue weighted by Gasteiger charge is -2.31. The van der Waals surface area contributed by atoms with Crippen molar-refractivity contribution < 1.29 is 4.79 Å². The Balaban J connectivity index is 1.40. The van der Waals surface area contributed by atoms with E-state index in [2.05, 4.69) is 24.9 Å². The summed E-state index contributed by atoms with van der Waals surface area (Å²) in [6.07, 6.45) is 5.52. The van der Waals surface area contributed by atoms with Crippen LogP contribution in [0.4, 0.5) is 5.69 Å². The topological polar surface area (TPSA) is 68.0 Å². The van der Waals surface area contributed by atoms with Crippen molar-refractivity contribution in [3.8, 4) is 5.69 Å². The van der Waals surface area contributed by atoms with Crippen LogP contribution in [0, 0.1) is 19.8 Å². The van der Waals surface area contributed by atoms with Gasteiger partial charge in [0.05, 0.1) is 23.6 Å². The van der Waals surface area contributed by atoms with E-state index in [1.54, 1.807) is 0 Å². The van der Waals surface area contributed by atoms with Gasteiger partial charge in [-0.05, 0) is 58.0 Å². The molecule has 152 valence electrons. The number of likely N-dealkylation sites (tertiary alicyclic amines) is 1. The Morgan fingerprint density at radius 2 is 1.97 bits per heavy atom. The molecule has 1 fully saturated rings. The van der Waals surface area contributed by atoms with Crippen molar-refractivity contribution in [1.29, 1.82) is 0 Å². The zero-order valence-electron chi connectivity index (χ0n) is 17.3. The van der Waals surface area contributed by atoms with Crippen LogP contribution in [0.5, 0.6) is 0 Å². The molecule has 0 spiro atoms. The fraction of sp³-hybridized carbons (Fsp3) is 0.409. The summed E-state index contributed by atoms with van der Waals surface area (Å²) in [5, 5.41) is 7.71. The molecule has 29 heavy (non-hydrogen) atoms. The molecule has 1 amide bonds. The van der Waals surface area contributed by atoms with Crippen molar-refractivity contribution >= 4 is 11.6 Å². The number of imidazole rings is 1. The van der Waals surface area contributed by atoms with Gasteiger partial charge in [-0.15, -0.1) is 0 Å². The minimum Gasteiger partial charge on any atom is -0.337 e. The first-order valence-electron chi connectivity index (χ1n) is 10.1. The number of rotatable bonds is 5. The molecular weight excluding hydrogens is 364 g/mol. The number of nitrogens with one attached hydrogen (secondary N) is 1. The van der Waals surface area contributed by atoms with Crippen LogP contribution in [0.25, 0.3) is 5.69 Å². The highest BCUT2D eigenvalue weighted by atomic mass is 16.1. The molecule has 7 heteroatoms. The Hall–Kier alpha value is -2.93. The van der Waals surface area contributed by atoms with Gasteiger partial charge in [0.15, 0.2) is 0 Å². The summed E-state index contributed by atoms with van der Waals surface area (Å²) in [7, 11) is 2.02. The number of para-hydroxylation sites is 2. The number of hydrogen-bond donors (Lipinski definition) is 1. The Morgan fingerprint density at radius 1 is 1.21 bits per heavy atom. The molecule has 0 atom stereocenters. The Bertz CT molecular complexity index is 996. The van der Waals surface area contributed by atoms with Gasteiger partial charge in [-0.3, -0.25) is 9.69 Å². The van der Waals surface area contributed by atoms with Crippen LogP contribution >= 0.6 is 0 Å². The molecule has 1 aliphatic heterocycles. The first-order valence-corrected chi connectivity index (χ1v) is 10.1. The average Bonchev–Trinajstić information content (AvgIpc) is 3.27. The molecule has 3 aromatic rings. The van der Waals surface area contributed by atoms with Crippen LogP contribution < -0.4 is 5.32 Å². The number of aryl methyl sites for hydroxylation is 3. The number of nitrogens with zero attached hydrogens (tertiary/aromatic N) is 5. The molecular formula is C22H28N6O. The number of carbonyl (C=O) groups excluding carboxylic acids is 1. The SMILES string of the molecule is Cc1cc(C)n(-c2ccccc2NC(=O)C2CCN(Cc3nccn3C)CC2)n1. The standard InChI is InChI=1S/C22H28N6O/c1-16-14-17(2)28(25-16)20-7-5-4-6-19(20)24-22(29)18-8-11-27(12-9-18)15-21-23-10-13-26(21)3/h4-7,10,13-14,18H,8-9,11-12,15H2,1-3H3,(H,24,29). The van der Waals surface area contributed by atoms with Gasteiger partial charge in [0, 0.05) is 31.1 Å². The van der Waals surface area contributed by atoms with E-state index in [1.807, 2.05) is 68.3 Å². The molecule has 3 heterocycles. The summed E-state index contributed by atoms with van der Waals surface area (Å²) in [5.74, 6) is 1.18. The Morgan fingerprint density at radius 3 is 2.62 bits per heavy atom. The van der Waals surface area contributed by atoms with E-state index in [0.717, 1.165) is 61.1 Å². The van der Waals surface area contributed by atoms with Crippen molar-refractivity contribution in [3.05, 3.63) is 59.9 Å². The zero-order chi connectivity index (χ0) is 20.4. The van der Waals surface area contributed by atoms with Crippen molar-refractivity contribution in [2.75, 3.05) is 18.4 Å². The fourth-order valence-electron chi connectivity index (χ4n) is 3.97. The first kappa shape index (κ1) is 19.4. The van der Waals surface area contributed by atoms with Crippen molar-refractivity contribution in [2.24, 2.45) is 13.0 Å². The van der Waals surface area contributed by atoms with Gasteiger partial charge in [0.2, 0.25) is 5.91 Å². The summed E-state index contributed by atoms with van der Waals surface area (Å²) in [4.78, 5) is 19.7. The minimum atomic E-state index is 0.0288. The lowest BCUT2D eigenvalue weighted by molar-refractivity contribution is -0.121. The summed E-state index contributed by atoms with van der Waals surface area (Å²) in [6, 6.07) is 9.89. The fourth-order valence-corrected chi connectivity index (χ4v) is 3.97. The van der Waals surface area contributed by atoms with Crippen molar-refractivity contribution in [1.82, 2.24) is 24.2 Å². The van der Waals surface area contributed by atoms with Gasteiger partial charge in [0.25, 0.3) is 0 Å². The van der Waals surface area contributed by atoms with E-state index < -0.39 is 0 Å². The minimum absolute atomic E-state index is 0.0288. The highest BCUT2D eigenvalue weighted by molar-refractivity contribution is 5.94. The number of anilines is 1. The maximum Gasteiger partial charge on any atom is 0.227 e. The van der Waals surface area contributed by atoms with Crippen LogP contribution in [0.15, 0.2) is 42.7 Å². The number of aromatic nitrogens is 4. The maximum atomic E-state index is 12.9. The number of hydrogen-bond acceptors (Lipinski definition) is 4. The average molecular weight is 393 g/mol. The van der Waals surface area contributed by atoms with Gasteiger partial charge in [0.1, 0.15) is 5.82 Å². The third-order valence-electron chi connectivity index (χ3n) is 5.64. The second-order valence-electron chi connectivity index (χ2n) is 7.85. The van der Waals surface area contributed by atoms with Gasteiger partial charge < -0.3 is 9.88 Å². The second-order valence-corrected chi connectivity index (χ2v) is 7.85. The molecule has 0 bridgehead atoms. The maximum absolute atomic E-state index is 12.9. The molecule has 2 aromatic heterocycles. The lowest BCUT2D eigenvalue weighted by Crippen LogP contribution is -2.38. The predicted molar refractivity (Wildman–Crippen MR) is 113 cm³/mol. The number of carbonyl (C=O) groups is 1. The third kappa shape index (κ3) is 4.24. The molecule has 1 aliphatic rings. The predicted octanol–water partition coefficient (Wildman–Crippen LogP) is 3.07. The third-order valence-corrected chi connectivity index (χ3v) is 5.64. The van der Waals surface area contributed by atoms with Gasteiger partial charge >= 0.3 is 0 Å². The Kier molecular flexibility index (Phi) is 5.49. The second kappa shape index (κ2) is 8.21. The molecule has 1 N–H and O–H groups in total. The summed E-state index contributed by atoms with van der Waals surface area (Å²) >= 11 is 0. The number of benzene rings is 1. The molecule has 1 aromatic carbocycles. The summed E-state index contributed by atoms with van der Waals surface area (Å²) < 4.78 is 3.94. The van der Waals surface area contributed by atoms with Crippen molar-refractivity contribution in [2.45, 2.75) is 33.2 Å². The largest absolute Gasteiger partial charge is 0.337 e. The zero-order valence-corrected chi connectivity index (χ0v) is 17.3. The van der Waals surface area contributed by atoms with Crippen LogP contribution in [-0.4, -0.2) is 43.2 Å². The van der Waals surface area contributed by atoms with Crippen LogP contribution in [0.1, 0.15) is 30.1 Å². The Labute approximate surface area is 171 Å². The molecule has 0 radical (unpaired) electrons. The van der Waals surface area contributed by atoms with Gasteiger partial charge in [-0.2, -0.15) is 5.10 Å². The molecule has 7 nitrogen and oxygen atoms in total.